The summed E-state index contributed by atoms with van der Waals surface area (Å²) in [6.45, 7) is 2.01. The second-order valence-corrected chi connectivity index (χ2v) is 6.65. The fraction of sp³-hybridized carbons (Fsp3) is 0.300. The first kappa shape index (κ1) is 15.3. The molecule has 124 valence electrons. The molecule has 3 atom stereocenters. The molecule has 0 fully saturated rings. The summed E-state index contributed by atoms with van der Waals surface area (Å²) in [6.07, 6.45) is 0.677. The van der Waals surface area contributed by atoms with Crippen LogP contribution in [0.2, 0.25) is 0 Å². The molecule has 24 heavy (non-hydrogen) atoms. The van der Waals surface area contributed by atoms with Gasteiger partial charge in [0.15, 0.2) is 0 Å². The Balaban J connectivity index is 1.84. The van der Waals surface area contributed by atoms with E-state index in [4.69, 9.17) is 0 Å². The number of halogens is 3. The minimum Gasteiger partial charge on any atom is -0.377 e. The Labute approximate surface area is 139 Å². The monoisotopic (exact) mass is 329 g/mol. The lowest BCUT2D eigenvalue weighted by Gasteiger charge is -2.38. The number of fused-ring (bicyclic) bond motifs is 3. The number of aryl methyl sites for hydroxylation is 1. The Morgan fingerprint density at radius 3 is 2.50 bits per heavy atom. The van der Waals surface area contributed by atoms with E-state index in [2.05, 4.69) is 17.5 Å². The molecule has 0 unspecified atom stereocenters. The molecule has 1 heterocycles. The smallest absolute Gasteiger partial charge is 0.377 e. The van der Waals surface area contributed by atoms with Gasteiger partial charge in [0.2, 0.25) is 0 Å². The largest absolute Gasteiger partial charge is 0.418 e. The van der Waals surface area contributed by atoms with Gasteiger partial charge in [0.1, 0.15) is 0 Å². The Bertz CT molecular complexity index is 790. The zero-order valence-corrected chi connectivity index (χ0v) is 13.3. The van der Waals surface area contributed by atoms with Gasteiger partial charge in [-0.25, -0.2) is 0 Å². The summed E-state index contributed by atoms with van der Waals surface area (Å²) in [5.41, 5.74) is 2.61. The van der Waals surface area contributed by atoms with E-state index >= 15 is 0 Å². The van der Waals surface area contributed by atoms with Gasteiger partial charge in [0, 0.05) is 5.92 Å². The normalized spacial score (nSPS) is 25.1. The Morgan fingerprint density at radius 1 is 1.04 bits per heavy atom. The van der Waals surface area contributed by atoms with E-state index < -0.39 is 11.7 Å². The highest BCUT2D eigenvalue weighted by molar-refractivity contribution is 5.65. The molecule has 4 rings (SSSR count). The Kier molecular flexibility index (Phi) is 3.44. The third-order valence-electron chi connectivity index (χ3n) is 5.14. The first-order valence-corrected chi connectivity index (χ1v) is 8.15. The average Bonchev–Trinajstić information content (AvgIpc) is 3.03. The van der Waals surface area contributed by atoms with Gasteiger partial charge in [0.05, 0.1) is 17.3 Å². The van der Waals surface area contributed by atoms with Crippen molar-refractivity contribution in [3.05, 3.63) is 76.9 Å². The van der Waals surface area contributed by atoms with Crippen LogP contribution in [0.1, 0.15) is 40.6 Å². The summed E-state index contributed by atoms with van der Waals surface area (Å²) in [6, 6.07) is 12.4. The molecule has 0 amide bonds. The van der Waals surface area contributed by atoms with Gasteiger partial charge < -0.3 is 5.32 Å². The van der Waals surface area contributed by atoms with Crippen LogP contribution in [-0.2, 0) is 6.18 Å². The van der Waals surface area contributed by atoms with Gasteiger partial charge in [-0.3, -0.25) is 0 Å². The topological polar surface area (TPSA) is 12.0 Å². The minimum atomic E-state index is -4.36. The van der Waals surface area contributed by atoms with E-state index in [0.29, 0.717) is 0 Å². The number of benzene rings is 2. The van der Waals surface area contributed by atoms with Crippen LogP contribution in [0, 0.1) is 12.8 Å². The fourth-order valence-electron chi connectivity index (χ4n) is 3.96. The highest BCUT2D eigenvalue weighted by Crippen LogP contribution is 2.52. The van der Waals surface area contributed by atoms with Crippen LogP contribution < -0.4 is 5.32 Å². The maximum atomic E-state index is 13.4. The summed E-state index contributed by atoms with van der Waals surface area (Å²) >= 11 is 0. The summed E-state index contributed by atoms with van der Waals surface area (Å²) in [5, 5.41) is 3.22. The van der Waals surface area contributed by atoms with Crippen LogP contribution >= 0.6 is 0 Å². The van der Waals surface area contributed by atoms with Crippen molar-refractivity contribution in [2.24, 2.45) is 5.92 Å². The van der Waals surface area contributed by atoms with E-state index in [1.807, 2.05) is 37.3 Å². The molecular formula is C20H18F3N. The number of rotatable bonds is 1. The summed E-state index contributed by atoms with van der Waals surface area (Å²) in [4.78, 5) is 0. The zero-order chi connectivity index (χ0) is 16.9. The average molecular weight is 329 g/mol. The van der Waals surface area contributed by atoms with Gasteiger partial charge in [0.25, 0.3) is 0 Å². The predicted molar refractivity (Wildman–Crippen MR) is 89.0 cm³/mol. The molecular weight excluding hydrogens is 311 g/mol. The summed E-state index contributed by atoms with van der Waals surface area (Å²) in [7, 11) is 0. The maximum absolute atomic E-state index is 13.4. The van der Waals surface area contributed by atoms with E-state index in [1.54, 1.807) is 0 Å². The molecule has 0 radical (unpaired) electrons. The Hall–Kier alpha value is -2.23. The van der Waals surface area contributed by atoms with Gasteiger partial charge in [-0.15, -0.1) is 0 Å². The van der Waals surface area contributed by atoms with E-state index in [0.717, 1.165) is 29.2 Å². The molecule has 0 saturated carbocycles. The molecule has 2 aliphatic rings. The molecule has 1 N–H and O–H groups in total. The highest BCUT2D eigenvalue weighted by atomic mass is 19.4. The van der Waals surface area contributed by atoms with Crippen LogP contribution in [0.3, 0.4) is 0 Å². The molecule has 1 aliphatic heterocycles. The number of hydrogen-bond acceptors (Lipinski definition) is 1. The lowest BCUT2D eigenvalue weighted by molar-refractivity contribution is -0.137. The number of anilines is 1. The molecule has 0 spiro atoms. The van der Waals surface area contributed by atoms with Crippen molar-refractivity contribution < 1.29 is 13.2 Å². The van der Waals surface area contributed by atoms with Crippen LogP contribution in [0.15, 0.2) is 54.6 Å². The highest BCUT2D eigenvalue weighted by Gasteiger charge is 2.42. The summed E-state index contributed by atoms with van der Waals surface area (Å²) < 4.78 is 40.3. The van der Waals surface area contributed by atoms with E-state index in [1.165, 1.54) is 6.07 Å². The molecule has 1 nitrogen and oxygen atoms in total. The zero-order valence-electron chi connectivity index (χ0n) is 13.3. The van der Waals surface area contributed by atoms with Crippen LogP contribution in [-0.4, -0.2) is 0 Å². The molecule has 0 bridgehead atoms. The van der Waals surface area contributed by atoms with Crippen molar-refractivity contribution in [1.82, 2.24) is 0 Å². The molecule has 2 aromatic carbocycles. The number of alkyl halides is 3. The number of para-hydroxylation sites is 1. The quantitative estimate of drug-likeness (QED) is 0.648. The third-order valence-corrected chi connectivity index (χ3v) is 5.14. The van der Waals surface area contributed by atoms with Crippen molar-refractivity contribution in [3.8, 4) is 0 Å². The van der Waals surface area contributed by atoms with Gasteiger partial charge >= 0.3 is 6.18 Å². The maximum Gasteiger partial charge on any atom is 0.418 e. The second kappa shape index (κ2) is 5.40. The number of nitrogens with one attached hydrogen (secondary N) is 1. The lowest BCUT2D eigenvalue weighted by Crippen LogP contribution is -2.30. The van der Waals surface area contributed by atoms with Crippen molar-refractivity contribution in [1.29, 1.82) is 0 Å². The fourth-order valence-corrected chi connectivity index (χ4v) is 3.96. The molecule has 4 heteroatoms. The van der Waals surface area contributed by atoms with Gasteiger partial charge in [-0.05, 0) is 36.5 Å². The van der Waals surface area contributed by atoms with Crippen molar-refractivity contribution in [2.75, 3.05) is 5.32 Å². The first-order valence-electron chi connectivity index (χ1n) is 8.15. The summed E-state index contributed by atoms with van der Waals surface area (Å²) in [5.74, 6) is 0.290. The lowest BCUT2D eigenvalue weighted by atomic mass is 9.76. The number of hydrogen-bond donors (Lipinski definition) is 1. The molecule has 0 saturated heterocycles. The van der Waals surface area contributed by atoms with Crippen molar-refractivity contribution >= 4 is 5.69 Å². The SMILES string of the molecule is Cc1ccc([C@@H]2Nc3c(cccc3C(F)(F)F)[C@H]3C=CC[C@@H]32)cc1. The van der Waals surface area contributed by atoms with Crippen LogP contribution in [0.25, 0.3) is 0 Å². The van der Waals surface area contributed by atoms with Gasteiger partial charge in [-0.2, -0.15) is 13.2 Å². The second-order valence-electron chi connectivity index (χ2n) is 6.65. The van der Waals surface area contributed by atoms with E-state index in [9.17, 15) is 13.2 Å². The van der Waals surface area contributed by atoms with E-state index in [-0.39, 0.29) is 23.6 Å². The minimum absolute atomic E-state index is 0.0369. The van der Waals surface area contributed by atoms with Gasteiger partial charge in [-0.1, -0.05) is 54.1 Å². The first-order chi connectivity index (χ1) is 11.4. The van der Waals surface area contributed by atoms with Crippen LogP contribution in [0.5, 0.6) is 0 Å². The molecule has 1 aliphatic carbocycles. The van der Waals surface area contributed by atoms with Crippen molar-refractivity contribution in [3.63, 3.8) is 0 Å². The number of allylic oxidation sites excluding steroid dienone is 2. The molecule has 0 aromatic heterocycles. The Morgan fingerprint density at radius 2 is 1.79 bits per heavy atom. The third kappa shape index (κ3) is 2.41. The standard InChI is InChI=1S/C20H18F3N/c1-12-8-10-13(11-9-12)18-15-5-2-4-14(15)16-6-3-7-17(19(16)24-18)20(21,22)23/h2-4,6-11,14-15,18,24H,5H2,1H3/t14-,15-,18-/m0/s1. The predicted octanol–water partition coefficient (Wildman–Crippen LogP) is 5.84. The van der Waals surface area contributed by atoms with Crippen molar-refractivity contribution in [2.45, 2.75) is 31.5 Å². The molecule has 2 aromatic rings. The van der Waals surface area contributed by atoms with Crippen LogP contribution in [0.4, 0.5) is 18.9 Å².